The number of nitrogens with zero attached hydrogens (tertiary/aromatic N) is 2. The van der Waals surface area contributed by atoms with Crippen LogP contribution in [0.3, 0.4) is 0 Å². The van der Waals surface area contributed by atoms with E-state index in [4.69, 9.17) is 17.4 Å². The van der Waals surface area contributed by atoms with Gasteiger partial charge in [-0.25, -0.2) is 9.67 Å². The molecule has 3 rings (SSSR count). The molecule has 0 atom stereocenters. The molecule has 8 heteroatoms. The van der Waals surface area contributed by atoms with E-state index in [1.54, 1.807) is 5.38 Å². The van der Waals surface area contributed by atoms with Crippen molar-refractivity contribution in [1.29, 1.82) is 0 Å². The number of hydrogen-bond donors (Lipinski definition) is 1. The van der Waals surface area contributed by atoms with Crippen LogP contribution in [0.5, 0.6) is 0 Å². The summed E-state index contributed by atoms with van der Waals surface area (Å²) in [5, 5.41) is 1.93. The molecule has 1 aromatic heterocycles. The molecule has 3 nitrogen and oxygen atoms in total. The molecule has 0 saturated carbocycles. The molecule has 0 aliphatic rings. The van der Waals surface area contributed by atoms with Gasteiger partial charge in [-0.3, -0.25) is 0 Å². The van der Waals surface area contributed by atoms with Crippen LogP contribution in [0.15, 0.2) is 52.8 Å². The lowest BCUT2D eigenvalue weighted by Crippen LogP contribution is -2.23. The number of nitrogen functional groups attached to an aromatic ring is 1. The predicted molar refractivity (Wildman–Crippen MR) is 99.0 cm³/mol. The van der Waals surface area contributed by atoms with Gasteiger partial charge in [0.15, 0.2) is 0 Å². The number of nitrogens with two attached hydrogens (primary N) is 1. The van der Waals surface area contributed by atoms with Crippen LogP contribution < -0.4 is 10.6 Å². The van der Waals surface area contributed by atoms with E-state index in [0.717, 1.165) is 29.8 Å². The predicted octanol–water partition coefficient (Wildman–Crippen LogP) is 5.40. The second-order valence-corrected chi connectivity index (χ2v) is 6.84. The third-order valence-corrected chi connectivity index (χ3v) is 5.05. The third kappa shape index (κ3) is 3.78. The molecular weight excluding hydrogens is 383 g/mol. The molecule has 0 radical (unpaired) electrons. The van der Waals surface area contributed by atoms with E-state index in [1.807, 2.05) is 24.3 Å². The molecule has 0 bridgehead atoms. The van der Waals surface area contributed by atoms with Crippen molar-refractivity contribution in [2.45, 2.75) is 19.5 Å². The molecular formula is C18H15ClF3N3S. The SMILES string of the molecule is CCc1ccc(-c2csc(=Nc3cc(C(F)(F)F)ccc3Cl)n2N)cc1. The standard InChI is InChI=1S/C18H15ClF3N3S/c1-2-11-3-5-12(6-4-11)16-10-26-17(25(16)23)24-15-9-13(18(20,21)22)7-8-14(15)19/h3-10H,2,23H2,1H3. The highest BCUT2D eigenvalue weighted by molar-refractivity contribution is 7.07. The molecule has 2 aromatic carbocycles. The molecule has 0 spiro atoms. The van der Waals surface area contributed by atoms with Crippen molar-refractivity contribution in [1.82, 2.24) is 4.68 Å². The molecule has 0 saturated heterocycles. The van der Waals surface area contributed by atoms with E-state index in [2.05, 4.69) is 11.9 Å². The summed E-state index contributed by atoms with van der Waals surface area (Å²) in [7, 11) is 0. The van der Waals surface area contributed by atoms with Crippen LogP contribution >= 0.6 is 22.9 Å². The van der Waals surface area contributed by atoms with Crippen LogP contribution in [0.1, 0.15) is 18.1 Å². The van der Waals surface area contributed by atoms with E-state index in [0.29, 0.717) is 4.80 Å². The normalized spacial score (nSPS) is 12.6. The van der Waals surface area contributed by atoms with Crippen LogP contribution in [0.25, 0.3) is 11.3 Å². The summed E-state index contributed by atoms with van der Waals surface area (Å²) in [6.07, 6.45) is -3.53. The Kier molecular flexibility index (Phi) is 5.11. The summed E-state index contributed by atoms with van der Waals surface area (Å²) in [5.74, 6) is 6.10. The van der Waals surface area contributed by atoms with Crippen LogP contribution in [0.4, 0.5) is 18.9 Å². The van der Waals surface area contributed by atoms with Crippen molar-refractivity contribution < 1.29 is 13.2 Å². The first-order valence-electron chi connectivity index (χ1n) is 7.76. The number of alkyl halides is 3. The number of thiazole rings is 1. The molecule has 0 aliphatic carbocycles. The van der Waals surface area contributed by atoms with Crippen molar-refractivity contribution in [2.24, 2.45) is 4.99 Å². The fraction of sp³-hybridized carbons (Fsp3) is 0.167. The Morgan fingerprint density at radius 3 is 2.46 bits per heavy atom. The first kappa shape index (κ1) is 18.5. The molecule has 0 unspecified atom stereocenters. The van der Waals surface area contributed by atoms with Crippen molar-refractivity contribution in [3.05, 3.63) is 68.8 Å². The monoisotopic (exact) mass is 397 g/mol. The van der Waals surface area contributed by atoms with Gasteiger partial charge in [0.2, 0.25) is 4.80 Å². The minimum absolute atomic E-state index is 0.0235. The minimum atomic E-state index is -4.46. The van der Waals surface area contributed by atoms with E-state index >= 15 is 0 Å². The molecule has 1 heterocycles. The van der Waals surface area contributed by atoms with Gasteiger partial charge < -0.3 is 5.84 Å². The van der Waals surface area contributed by atoms with Gasteiger partial charge in [0, 0.05) is 10.9 Å². The quantitative estimate of drug-likeness (QED) is 0.591. The first-order chi connectivity index (χ1) is 12.3. The van der Waals surface area contributed by atoms with Crippen molar-refractivity contribution >= 4 is 28.6 Å². The van der Waals surface area contributed by atoms with Gasteiger partial charge in [-0.1, -0.05) is 42.8 Å². The van der Waals surface area contributed by atoms with Crippen molar-refractivity contribution in [2.75, 3.05) is 5.84 Å². The maximum Gasteiger partial charge on any atom is 0.416 e. The zero-order valence-corrected chi connectivity index (χ0v) is 15.3. The molecule has 136 valence electrons. The lowest BCUT2D eigenvalue weighted by atomic mass is 10.1. The largest absolute Gasteiger partial charge is 0.416 e. The van der Waals surface area contributed by atoms with Crippen LogP contribution in [-0.4, -0.2) is 4.68 Å². The Morgan fingerprint density at radius 2 is 1.85 bits per heavy atom. The summed E-state index contributed by atoms with van der Waals surface area (Å²) in [4.78, 5) is 4.57. The fourth-order valence-electron chi connectivity index (χ4n) is 2.40. The number of benzene rings is 2. The fourth-order valence-corrected chi connectivity index (χ4v) is 3.39. The Hall–Kier alpha value is -2.25. The van der Waals surface area contributed by atoms with Crippen LogP contribution in [0, 0.1) is 0 Å². The topological polar surface area (TPSA) is 43.3 Å². The van der Waals surface area contributed by atoms with Gasteiger partial charge in [-0.15, -0.1) is 11.3 Å². The van der Waals surface area contributed by atoms with Crippen molar-refractivity contribution in [3.63, 3.8) is 0 Å². The Balaban J connectivity index is 2.04. The van der Waals surface area contributed by atoms with Crippen molar-refractivity contribution in [3.8, 4) is 11.3 Å². The Bertz CT molecular complexity index is 988. The summed E-state index contributed by atoms with van der Waals surface area (Å²) in [5.41, 5.74) is 2.04. The highest BCUT2D eigenvalue weighted by atomic mass is 35.5. The maximum atomic E-state index is 12.9. The number of rotatable bonds is 3. The van der Waals surface area contributed by atoms with E-state index in [9.17, 15) is 13.2 Å². The van der Waals surface area contributed by atoms with Gasteiger partial charge in [0.25, 0.3) is 0 Å². The van der Waals surface area contributed by atoms with Gasteiger partial charge in [-0.2, -0.15) is 13.2 Å². The summed E-state index contributed by atoms with van der Waals surface area (Å²) < 4.78 is 40.0. The van der Waals surface area contributed by atoms with E-state index in [-0.39, 0.29) is 10.7 Å². The molecule has 3 aromatic rings. The lowest BCUT2D eigenvalue weighted by molar-refractivity contribution is -0.137. The lowest BCUT2D eigenvalue weighted by Gasteiger charge is -2.08. The van der Waals surface area contributed by atoms with Gasteiger partial charge in [-0.05, 0) is 30.2 Å². The highest BCUT2D eigenvalue weighted by Crippen LogP contribution is 2.35. The van der Waals surface area contributed by atoms with Crippen LogP contribution in [0.2, 0.25) is 5.02 Å². The van der Waals surface area contributed by atoms with Gasteiger partial charge >= 0.3 is 6.18 Å². The van der Waals surface area contributed by atoms with E-state index in [1.165, 1.54) is 27.6 Å². The van der Waals surface area contributed by atoms with Gasteiger partial charge in [0.05, 0.1) is 22.0 Å². The van der Waals surface area contributed by atoms with Crippen LogP contribution in [-0.2, 0) is 12.6 Å². The zero-order valence-electron chi connectivity index (χ0n) is 13.7. The second kappa shape index (κ2) is 7.17. The number of hydrogen-bond acceptors (Lipinski definition) is 3. The molecule has 0 aliphatic heterocycles. The summed E-state index contributed by atoms with van der Waals surface area (Å²) in [6.45, 7) is 2.07. The maximum absolute atomic E-state index is 12.9. The molecule has 2 N–H and O–H groups in total. The smallest absolute Gasteiger partial charge is 0.337 e. The zero-order chi connectivity index (χ0) is 18.9. The number of halogens is 4. The van der Waals surface area contributed by atoms with E-state index < -0.39 is 11.7 Å². The highest BCUT2D eigenvalue weighted by Gasteiger charge is 2.31. The average molecular weight is 398 g/mol. The average Bonchev–Trinajstić information content (AvgIpc) is 2.96. The summed E-state index contributed by atoms with van der Waals surface area (Å²) >= 11 is 7.23. The molecule has 0 amide bonds. The number of aryl methyl sites for hydroxylation is 1. The minimum Gasteiger partial charge on any atom is -0.337 e. The number of aromatic nitrogens is 1. The Labute approximate surface area is 157 Å². The third-order valence-electron chi connectivity index (χ3n) is 3.89. The summed E-state index contributed by atoms with van der Waals surface area (Å²) in [6, 6.07) is 10.9. The first-order valence-corrected chi connectivity index (χ1v) is 9.01. The van der Waals surface area contributed by atoms with Gasteiger partial charge in [0.1, 0.15) is 0 Å². The second-order valence-electron chi connectivity index (χ2n) is 5.60. The Morgan fingerprint density at radius 1 is 1.15 bits per heavy atom. The molecule has 0 fully saturated rings. The molecule has 26 heavy (non-hydrogen) atoms.